The normalized spacial score (nSPS) is 61.1. The highest BCUT2D eigenvalue weighted by Crippen LogP contribution is 2.66. The van der Waals surface area contributed by atoms with Gasteiger partial charge in [-0.2, -0.15) is 0 Å². The summed E-state index contributed by atoms with van der Waals surface area (Å²) in [5.41, 5.74) is -0.483. The number of hydrogen-bond acceptors (Lipinski definition) is 3. The number of carbonyl (C=O) groups excluding carboxylic acids is 1. The summed E-state index contributed by atoms with van der Waals surface area (Å²) >= 11 is 0. The molecule has 0 aromatic heterocycles. The van der Waals surface area contributed by atoms with Gasteiger partial charge in [-0.3, -0.25) is 4.79 Å². The lowest BCUT2D eigenvalue weighted by atomic mass is 9.74. The minimum atomic E-state index is -0.483. The fourth-order valence-electron chi connectivity index (χ4n) is 4.78. The summed E-state index contributed by atoms with van der Waals surface area (Å²) in [7, 11) is 0. The van der Waals surface area contributed by atoms with E-state index >= 15 is 0 Å². The molecule has 7 atom stereocenters. The van der Waals surface area contributed by atoms with Crippen molar-refractivity contribution in [2.75, 3.05) is 0 Å². The van der Waals surface area contributed by atoms with E-state index in [1.165, 1.54) is 0 Å². The van der Waals surface area contributed by atoms with Crippen LogP contribution in [0.4, 0.5) is 0 Å². The lowest BCUT2D eigenvalue weighted by Crippen LogP contribution is -2.51. The first-order chi connectivity index (χ1) is 7.56. The number of carbonyl (C=O) groups is 1. The van der Waals surface area contributed by atoms with Crippen LogP contribution in [-0.4, -0.2) is 28.9 Å². The first-order valence-corrected chi connectivity index (χ1v) is 6.24. The van der Waals surface area contributed by atoms with Gasteiger partial charge >= 0.3 is 0 Å². The monoisotopic (exact) mass is 223 g/mol. The second-order valence-corrected chi connectivity index (χ2v) is 6.13. The van der Waals surface area contributed by atoms with Crippen LogP contribution in [0.25, 0.3) is 0 Å². The summed E-state index contributed by atoms with van der Waals surface area (Å²) in [6.45, 7) is 4.18. The molecule has 2 saturated heterocycles. The molecule has 2 heterocycles. The molecular weight excluding hydrogens is 206 g/mol. The maximum atomic E-state index is 12.0. The molecule has 0 spiro atoms. The van der Waals surface area contributed by atoms with Gasteiger partial charge in [0.1, 0.15) is 5.72 Å². The minimum absolute atomic E-state index is 0.00106. The second-order valence-electron chi connectivity index (χ2n) is 6.13. The van der Waals surface area contributed by atoms with E-state index in [0.29, 0.717) is 11.8 Å². The summed E-state index contributed by atoms with van der Waals surface area (Å²) in [4.78, 5) is 12.0. The molecule has 88 valence electrons. The highest BCUT2D eigenvalue weighted by atomic mass is 16.5. The van der Waals surface area contributed by atoms with Crippen molar-refractivity contribution in [3.63, 3.8) is 0 Å². The van der Waals surface area contributed by atoms with Crippen LogP contribution >= 0.6 is 0 Å². The molecule has 7 unspecified atom stereocenters. The largest absolute Gasteiger partial charge is 0.390 e. The standard InChI is InChI=1S/C12H17NO3/c1-4(2)12-8-6-3-5(7(8)11(15)13-12)9(14)10(6)16-12/h4-10,14H,3H2,1-2H3,(H,13,15). The Morgan fingerprint density at radius 3 is 2.94 bits per heavy atom. The maximum Gasteiger partial charge on any atom is 0.226 e. The van der Waals surface area contributed by atoms with E-state index in [9.17, 15) is 9.90 Å². The number of hydrogen-bond donors (Lipinski definition) is 2. The molecule has 0 radical (unpaired) electrons. The van der Waals surface area contributed by atoms with Crippen molar-refractivity contribution in [3.05, 3.63) is 0 Å². The van der Waals surface area contributed by atoms with E-state index in [1.54, 1.807) is 0 Å². The molecule has 4 heteroatoms. The predicted molar refractivity (Wildman–Crippen MR) is 55.2 cm³/mol. The molecule has 2 N–H and O–H groups in total. The van der Waals surface area contributed by atoms with Gasteiger partial charge in [-0.15, -0.1) is 0 Å². The van der Waals surface area contributed by atoms with Gasteiger partial charge in [-0.1, -0.05) is 13.8 Å². The number of aliphatic hydroxyl groups excluding tert-OH is 1. The quantitative estimate of drug-likeness (QED) is 0.663. The number of nitrogens with one attached hydrogen (secondary N) is 1. The molecule has 4 aliphatic rings. The Bertz CT molecular complexity index is 382. The van der Waals surface area contributed by atoms with Crippen molar-refractivity contribution in [2.45, 2.75) is 38.2 Å². The van der Waals surface area contributed by atoms with Gasteiger partial charge in [0.25, 0.3) is 0 Å². The molecule has 1 amide bonds. The molecule has 16 heavy (non-hydrogen) atoms. The van der Waals surface area contributed by atoms with Crippen LogP contribution in [0.2, 0.25) is 0 Å². The second kappa shape index (κ2) is 2.46. The van der Waals surface area contributed by atoms with Crippen molar-refractivity contribution in [3.8, 4) is 0 Å². The fourth-order valence-corrected chi connectivity index (χ4v) is 4.78. The summed E-state index contributed by atoms with van der Waals surface area (Å²) < 4.78 is 6.08. The molecule has 2 bridgehead atoms. The summed E-state index contributed by atoms with van der Waals surface area (Å²) in [5, 5.41) is 13.2. The number of amides is 1. The van der Waals surface area contributed by atoms with Crippen molar-refractivity contribution < 1.29 is 14.6 Å². The van der Waals surface area contributed by atoms with Gasteiger partial charge in [0.2, 0.25) is 5.91 Å². The van der Waals surface area contributed by atoms with E-state index in [0.717, 1.165) is 6.42 Å². The van der Waals surface area contributed by atoms with Crippen LogP contribution in [0.5, 0.6) is 0 Å². The Balaban J connectivity index is 1.88. The van der Waals surface area contributed by atoms with Crippen LogP contribution in [0.3, 0.4) is 0 Å². The average Bonchev–Trinajstić information content (AvgIpc) is 2.83. The van der Waals surface area contributed by atoms with Gasteiger partial charge in [-0.05, 0) is 18.3 Å². The van der Waals surface area contributed by atoms with Crippen molar-refractivity contribution >= 4 is 5.91 Å². The van der Waals surface area contributed by atoms with E-state index < -0.39 is 11.8 Å². The number of rotatable bonds is 1. The van der Waals surface area contributed by atoms with Crippen LogP contribution < -0.4 is 5.32 Å². The zero-order chi connectivity index (χ0) is 11.2. The van der Waals surface area contributed by atoms with Crippen LogP contribution in [0.1, 0.15) is 20.3 Å². The molecule has 0 aromatic rings. The van der Waals surface area contributed by atoms with Crippen LogP contribution in [0.15, 0.2) is 0 Å². The van der Waals surface area contributed by atoms with Gasteiger partial charge in [-0.25, -0.2) is 0 Å². The average molecular weight is 223 g/mol. The Hall–Kier alpha value is -0.610. The Labute approximate surface area is 94.3 Å². The zero-order valence-electron chi connectivity index (χ0n) is 9.51. The summed E-state index contributed by atoms with van der Waals surface area (Å²) in [6, 6.07) is 0. The van der Waals surface area contributed by atoms with Crippen LogP contribution in [-0.2, 0) is 9.53 Å². The van der Waals surface area contributed by atoms with Crippen molar-refractivity contribution in [2.24, 2.45) is 29.6 Å². The number of aliphatic hydroxyl groups is 1. The molecule has 2 aliphatic carbocycles. The lowest BCUT2D eigenvalue weighted by Gasteiger charge is -2.33. The molecule has 4 rings (SSSR count). The minimum Gasteiger partial charge on any atom is -0.390 e. The third-order valence-corrected chi connectivity index (χ3v) is 5.36. The summed E-state index contributed by atoms with van der Waals surface area (Å²) in [5.74, 6) is 1.21. The Kier molecular flexibility index (Phi) is 1.45. The van der Waals surface area contributed by atoms with Gasteiger partial charge in [0, 0.05) is 11.8 Å². The zero-order valence-corrected chi connectivity index (χ0v) is 9.51. The third kappa shape index (κ3) is 0.721. The third-order valence-electron chi connectivity index (χ3n) is 5.36. The molecule has 2 saturated carbocycles. The van der Waals surface area contributed by atoms with Gasteiger partial charge in [0.15, 0.2) is 0 Å². The number of ether oxygens (including phenoxy) is 1. The highest BCUT2D eigenvalue weighted by molar-refractivity contribution is 5.84. The number of fused-ring (bicyclic) bond motifs is 2. The van der Waals surface area contributed by atoms with Crippen LogP contribution in [0, 0.1) is 29.6 Å². The topological polar surface area (TPSA) is 58.6 Å². The van der Waals surface area contributed by atoms with E-state index in [2.05, 4.69) is 19.2 Å². The van der Waals surface area contributed by atoms with E-state index in [-0.39, 0.29) is 29.8 Å². The van der Waals surface area contributed by atoms with Crippen molar-refractivity contribution in [1.29, 1.82) is 0 Å². The van der Waals surface area contributed by atoms with E-state index in [1.807, 2.05) is 0 Å². The predicted octanol–water partition coefficient (Wildman–Crippen LogP) is 0.110. The molecule has 4 fully saturated rings. The molecule has 0 aromatic carbocycles. The first-order valence-electron chi connectivity index (χ1n) is 6.24. The summed E-state index contributed by atoms with van der Waals surface area (Å²) in [6.07, 6.45) is 0.524. The SMILES string of the molecule is CC(C)C12NC(=O)C3C4CC(C(O1)C4O)C32. The molecule has 2 aliphatic heterocycles. The Morgan fingerprint density at radius 1 is 1.50 bits per heavy atom. The smallest absolute Gasteiger partial charge is 0.226 e. The van der Waals surface area contributed by atoms with Gasteiger partial charge in [0.05, 0.1) is 18.1 Å². The lowest BCUT2D eigenvalue weighted by molar-refractivity contribution is -0.146. The maximum absolute atomic E-state index is 12.0. The highest BCUT2D eigenvalue weighted by Gasteiger charge is 2.76. The van der Waals surface area contributed by atoms with E-state index in [4.69, 9.17) is 4.74 Å². The fraction of sp³-hybridized carbons (Fsp3) is 0.917. The Morgan fingerprint density at radius 2 is 2.25 bits per heavy atom. The molecular formula is C12H17NO3. The van der Waals surface area contributed by atoms with Crippen molar-refractivity contribution in [1.82, 2.24) is 5.32 Å². The molecule has 4 nitrogen and oxygen atoms in total. The van der Waals surface area contributed by atoms with Gasteiger partial charge < -0.3 is 15.2 Å². The first kappa shape index (κ1) is 9.42.